The molecule has 0 heterocycles. The number of nitriles is 1. The average molecular weight is 206 g/mol. The third-order valence-electron chi connectivity index (χ3n) is 1.78. The summed E-state index contributed by atoms with van der Waals surface area (Å²) < 4.78 is 4.81. The molecule has 0 radical (unpaired) electrons. The molecule has 0 aliphatic heterocycles. The van der Waals surface area contributed by atoms with Gasteiger partial charge >= 0.3 is 0 Å². The van der Waals surface area contributed by atoms with E-state index in [1.807, 2.05) is 13.0 Å². The van der Waals surface area contributed by atoms with Gasteiger partial charge in [0.05, 0.1) is 18.7 Å². The van der Waals surface area contributed by atoms with E-state index in [0.29, 0.717) is 10.7 Å². The predicted octanol–water partition coefficient (Wildman–Crippen LogP) is 2.21. The van der Waals surface area contributed by atoms with Crippen molar-refractivity contribution in [1.29, 1.82) is 5.26 Å². The SMILES string of the molecule is COC(=S)Nc1ccc(C#N)c(C)c1. The van der Waals surface area contributed by atoms with Crippen LogP contribution in [0.3, 0.4) is 0 Å². The third-order valence-corrected chi connectivity index (χ3v) is 2.05. The maximum absolute atomic E-state index is 8.72. The van der Waals surface area contributed by atoms with Crippen LogP contribution in [0.4, 0.5) is 5.69 Å². The molecular weight excluding hydrogens is 196 g/mol. The van der Waals surface area contributed by atoms with Crippen molar-refractivity contribution in [3.05, 3.63) is 29.3 Å². The minimum atomic E-state index is 0.314. The summed E-state index contributed by atoms with van der Waals surface area (Å²) in [6, 6.07) is 7.48. The van der Waals surface area contributed by atoms with Gasteiger partial charge < -0.3 is 10.1 Å². The number of aryl methyl sites for hydroxylation is 1. The third kappa shape index (κ3) is 2.44. The van der Waals surface area contributed by atoms with E-state index in [0.717, 1.165) is 11.3 Å². The largest absolute Gasteiger partial charge is 0.474 e. The van der Waals surface area contributed by atoms with Crippen molar-refractivity contribution in [1.82, 2.24) is 0 Å². The van der Waals surface area contributed by atoms with E-state index in [1.54, 1.807) is 12.1 Å². The van der Waals surface area contributed by atoms with Gasteiger partial charge in [0.25, 0.3) is 5.17 Å². The van der Waals surface area contributed by atoms with Gasteiger partial charge in [-0.25, -0.2) is 0 Å². The van der Waals surface area contributed by atoms with Gasteiger partial charge in [0, 0.05) is 5.69 Å². The Kier molecular flexibility index (Phi) is 3.43. The van der Waals surface area contributed by atoms with Crippen molar-refractivity contribution in [2.75, 3.05) is 12.4 Å². The number of hydrogen-bond donors (Lipinski definition) is 1. The Hall–Kier alpha value is -1.60. The molecule has 0 atom stereocenters. The zero-order valence-corrected chi connectivity index (χ0v) is 8.81. The highest BCUT2D eigenvalue weighted by Gasteiger charge is 2.00. The minimum absolute atomic E-state index is 0.314. The van der Waals surface area contributed by atoms with Crippen LogP contribution in [0, 0.1) is 18.3 Å². The van der Waals surface area contributed by atoms with E-state index in [2.05, 4.69) is 11.4 Å². The number of rotatable bonds is 1. The van der Waals surface area contributed by atoms with Crippen LogP contribution in [0.2, 0.25) is 0 Å². The molecule has 1 rings (SSSR count). The summed E-state index contributed by atoms with van der Waals surface area (Å²) in [4.78, 5) is 0. The zero-order chi connectivity index (χ0) is 10.6. The predicted molar refractivity (Wildman–Crippen MR) is 59.1 cm³/mol. The van der Waals surface area contributed by atoms with Gasteiger partial charge in [-0.05, 0) is 42.9 Å². The molecule has 0 aliphatic carbocycles. The molecule has 0 amide bonds. The Bertz CT molecular complexity index is 396. The van der Waals surface area contributed by atoms with Gasteiger partial charge in [-0.3, -0.25) is 0 Å². The number of thiocarbonyl (C=S) groups is 1. The molecular formula is C10H10N2OS. The summed E-state index contributed by atoms with van der Waals surface area (Å²) in [6.45, 7) is 1.87. The molecule has 0 unspecified atom stereocenters. The van der Waals surface area contributed by atoms with Crippen molar-refractivity contribution in [2.45, 2.75) is 6.92 Å². The Balaban J connectivity index is 2.88. The second-order valence-corrected chi connectivity index (χ2v) is 3.13. The lowest BCUT2D eigenvalue weighted by molar-refractivity contribution is 0.413. The lowest BCUT2D eigenvalue weighted by Crippen LogP contribution is -2.10. The Morgan fingerprint density at radius 2 is 2.29 bits per heavy atom. The minimum Gasteiger partial charge on any atom is -0.474 e. The van der Waals surface area contributed by atoms with E-state index < -0.39 is 0 Å². The molecule has 0 spiro atoms. The van der Waals surface area contributed by atoms with Crippen LogP contribution in [0.5, 0.6) is 0 Å². The lowest BCUT2D eigenvalue weighted by Gasteiger charge is -2.07. The summed E-state index contributed by atoms with van der Waals surface area (Å²) in [5.41, 5.74) is 2.41. The average Bonchev–Trinajstić information content (AvgIpc) is 2.18. The quantitative estimate of drug-likeness (QED) is 0.715. The fraction of sp³-hybridized carbons (Fsp3) is 0.200. The van der Waals surface area contributed by atoms with Crippen LogP contribution in [0.1, 0.15) is 11.1 Å². The number of nitrogens with zero attached hydrogens (tertiary/aromatic N) is 1. The lowest BCUT2D eigenvalue weighted by atomic mass is 10.1. The maximum atomic E-state index is 8.72. The molecule has 0 aromatic heterocycles. The highest BCUT2D eigenvalue weighted by atomic mass is 32.1. The summed E-state index contributed by atoms with van der Waals surface area (Å²) in [6.07, 6.45) is 0. The first-order valence-corrected chi connectivity index (χ1v) is 4.44. The van der Waals surface area contributed by atoms with Crippen molar-refractivity contribution >= 4 is 23.1 Å². The summed E-state index contributed by atoms with van der Waals surface area (Å²) in [7, 11) is 1.51. The standard InChI is InChI=1S/C10H10N2OS/c1-7-5-9(12-10(14)13-2)4-3-8(7)6-11/h3-5H,1-2H3,(H,12,14). The van der Waals surface area contributed by atoms with Crippen LogP contribution < -0.4 is 5.32 Å². The fourth-order valence-electron chi connectivity index (χ4n) is 1.04. The number of anilines is 1. The van der Waals surface area contributed by atoms with Gasteiger partial charge in [-0.1, -0.05) is 0 Å². The van der Waals surface area contributed by atoms with Crippen LogP contribution in [-0.4, -0.2) is 12.3 Å². The molecule has 1 aromatic carbocycles. The van der Waals surface area contributed by atoms with Crippen molar-refractivity contribution < 1.29 is 4.74 Å². The van der Waals surface area contributed by atoms with Crippen LogP contribution in [0.15, 0.2) is 18.2 Å². The fourth-order valence-corrected chi connectivity index (χ4v) is 1.15. The number of hydrogen-bond acceptors (Lipinski definition) is 3. The first-order valence-electron chi connectivity index (χ1n) is 4.03. The summed E-state index contributed by atoms with van der Waals surface area (Å²) >= 11 is 4.84. The van der Waals surface area contributed by atoms with E-state index >= 15 is 0 Å². The topological polar surface area (TPSA) is 45.0 Å². The van der Waals surface area contributed by atoms with Gasteiger partial charge in [0.1, 0.15) is 0 Å². The molecule has 1 aromatic rings. The van der Waals surface area contributed by atoms with Gasteiger partial charge in [0.2, 0.25) is 0 Å². The Morgan fingerprint density at radius 3 is 2.79 bits per heavy atom. The second-order valence-electron chi connectivity index (χ2n) is 2.76. The molecule has 0 saturated carbocycles. The molecule has 0 saturated heterocycles. The normalized spacial score (nSPS) is 8.93. The van der Waals surface area contributed by atoms with E-state index in [4.69, 9.17) is 22.2 Å². The first-order chi connectivity index (χ1) is 6.67. The molecule has 14 heavy (non-hydrogen) atoms. The van der Waals surface area contributed by atoms with Gasteiger partial charge in [-0.15, -0.1) is 0 Å². The Labute approximate surface area is 88.3 Å². The smallest absolute Gasteiger partial charge is 0.260 e. The van der Waals surface area contributed by atoms with Crippen LogP contribution in [0.25, 0.3) is 0 Å². The molecule has 1 N–H and O–H groups in total. The number of nitrogens with one attached hydrogen (secondary N) is 1. The van der Waals surface area contributed by atoms with Crippen molar-refractivity contribution in [3.63, 3.8) is 0 Å². The molecule has 4 heteroatoms. The molecule has 0 fully saturated rings. The Morgan fingerprint density at radius 1 is 1.57 bits per heavy atom. The van der Waals surface area contributed by atoms with Crippen molar-refractivity contribution in [2.24, 2.45) is 0 Å². The van der Waals surface area contributed by atoms with Crippen LogP contribution >= 0.6 is 12.2 Å². The van der Waals surface area contributed by atoms with E-state index in [1.165, 1.54) is 7.11 Å². The van der Waals surface area contributed by atoms with Gasteiger partial charge in [0.15, 0.2) is 0 Å². The maximum Gasteiger partial charge on any atom is 0.260 e. The summed E-state index contributed by atoms with van der Waals surface area (Å²) in [5, 5.41) is 11.9. The molecule has 3 nitrogen and oxygen atoms in total. The first kappa shape index (κ1) is 10.5. The highest BCUT2D eigenvalue weighted by molar-refractivity contribution is 7.80. The van der Waals surface area contributed by atoms with Gasteiger partial charge in [-0.2, -0.15) is 5.26 Å². The highest BCUT2D eigenvalue weighted by Crippen LogP contribution is 2.14. The molecule has 0 bridgehead atoms. The monoisotopic (exact) mass is 206 g/mol. The number of ether oxygens (including phenoxy) is 1. The molecule has 0 aliphatic rings. The van der Waals surface area contributed by atoms with Crippen LogP contribution in [-0.2, 0) is 4.74 Å². The second kappa shape index (κ2) is 4.58. The van der Waals surface area contributed by atoms with Crippen molar-refractivity contribution in [3.8, 4) is 6.07 Å². The van der Waals surface area contributed by atoms with E-state index in [9.17, 15) is 0 Å². The zero-order valence-electron chi connectivity index (χ0n) is 8.00. The number of methoxy groups -OCH3 is 1. The number of benzene rings is 1. The summed E-state index contributed by atoms with van der Waals surface area (Å²) in [5.74, 6) is 0. The molecule has 72 valence electrons. The van der Waals surface area contributed by atoms with E-state index in [-0.39, 0.29) is 0 Å².